The highest BCUT2D eigenvalue weighted by atomic mass is 32.5. The molecule has 0 N–H and O–H groups in total. The summed E-state index contributed by atoms with van der Waals surface area (Å²) in [5.41, 5.74) is -5.07. The zero-order chi connectivity index (χ0) is 28.5. The molecule has 210 valence electrons. The summed E-state index contributed by atoms with van der Waals surface area (Å²) in [5.74, 6) is -0.876. The van der Waals surface area contributed by atoms with Gasteiger partial charge >= 0.3 is 22.6 Å². The Morgan fingerprint density at radius 3 is 2.08 bits per heavy atom. The molecule has 1 aromatic rings. The number of benzene rings is 1. The van der Waals surface area contributed by atoms with Gasteiger partial charge in [-0.25, -0.2) is 4.79 Å². The van der Waals surface area contributed by atoms with Crippen molar-refractivity contribution in [2.75, 3.05) is 19.8 Å². The van der Waals surface area contributed by atoms with Crippen molar-refractivity contribution >= 4 is 22.5 Å². The van der Waals surface area contributed by atoms with Crippen LogP contribution in [0.25, 0.3) is 6.08 Å². The van der Waals surface area contributed by atoms with Gasteiger partial charge in [0, 0.05) is 5.56 Å². The molecule has 1 aliphatic rings. The van der Waals surface area contributed by atoms with Crippen LogP contribution >= 0.6 is 10.2 Å². The Labute approximate surface area is 199 Å². The van der Waals surface area contributed by atoms with Crippen LogP contribution in [0.4, 0.5) is 37.4 Å². The average Bonchev–Trinajstić information content (AvgIpc) is 2.71. The number of rotatable bonds is 10. The summed E-state index contributed by atoms with van der Waals surface area (Å²) in [4.78, 5) is 37.6. The minimum Gasteiger partial charge on any atom is -0.469 e. The molecular weight excluding hydrogens is 564 g/mol. The summed E-state index contributed by atoms with van der Waals surface area (Å²) >= 11 is 0. The predicted octanol–water partition coefficient (Wildman–Crippen LogP) is 5.30. The summed E-state index contributed by atoms with van der Waals surface area (Å²) in [7, 11) is -10.2. The number of hydrogen-bond donors (Lipinski definition) is 0. The van der Waals surface area contributed by atoms with E-state index in [9.17, 15) is 57.6 Å². The summed E-state index contributed by atoms with van der Waals surface area (Å²) < 4.78 is 121. The number of nitrogens with zero attached hydrogens (tertiary/aromatic N) is 2. The first-order valence-electron chi connectivity index (χ1n) is 9.25. The lowest BCUT2D eigenvalue weighted by molar-refractivity contribution is -0.768. The standard InChI is InChI=1S/C16H14F8N2O10S/c1-9-4-12(37(20,21,22,23)24)5-10-2-3-15(16(17,18)19,36-13(9)10)8-32-14(27)35-11(6-33-25(28)29)7-34-26(30)31/h2-5,11H,6-8H2,1H3. The molecule has 0 saturated carbocycles. The number of carbonyl (C=O) groups excluding carboxylic acids is 1. The van der Waals surface area contributed by atoms with E-state index in [2.05, 4.69) is 19.1 Å². The topological polar surface area (TPSA) is 150 Å². The first-order valence-corrected chi connectivity index (χ1v) is 11.2. The monoisotopic (exact) mass is 578 g/mol. The van der Waals surface area contributed by atoms with E-state index in [0.29, 0.717) is 6.08 Å². The van der Waals surface area contributed by atoms with E-state index in [0.717, 1.165) is 6.92 Å². The van der Waals surface area contributed by atoms with Crippen molar-refractivity contribution in [2.45, 2.75) is 29.7 Å². The molecule has 37 heavy (non-hydrogen) atoms. The molecule has 12 nitrogen and oxygen atoms in total. The fourth-order valence-corrected chi connectivity index (χ4v) is 3.49. The minimum atomic E-state index is -10.2. The second-order valence-corrected chi connectivity index (χ2v) is 9.68. The van der Waals surface area contributed by atoms with Crippen LogP contribution < -0.4 is 4.74 Å². The number of halogens is 8. The number of ether oxygens (including phenoxy) is 3. The Morgan fingerprint density at radius 2 is 1.62 bits per heavy atom. The highest BCUT2D eigenvalue weighted by Gasteiger charge is 2.66. The van der Waals surface area contributed by atoms with E-state index >= 15 is 0 Å². The van der Waals surface area contributed by atoms with Crippen molar-refractivity contribution in [2.24, 2.45) is 0 Å². The molecule has 0 bridgehead atoms. The lowest BCUT2D eigenvalue weighted by atomic mass is 9.97. The smallest absolute Gasteiger partial charge is 0.469 e. The number of hydrogen-bond acceptors (Lipinski definition) is 10. The van der Waals surface area contributed by atoms with Gasteiger partial charge in [0.05, 0.1) is 0 Å². The molecule has 1 heterocycles. The maximum atomic E-state index is 13.9. The van der Waals surface area contributed by atoms with Crippen LogP contribution in [-0.4, -0.2) is 54.0 Å². The fourth-order valence-electron chi connectivity index (χ4n) is 2.75. The van der Waals surface area contributed by atoms with Gasteiger partial charge in [-0.05, 0) is 30.7 Å². The van der Waals surface area contributed by atoms with Gasteiger partial charge < -0.3 is 23.9 Å². The van der Waals surface area contributed by atoms with E-state index in [1.807, 2.05) is 0 Å². The van der Waals surface area contributed by atoms with E-state index in [1.165, 1.54) is 0 Å². The van der Waals surface area contributed by atoms with Gasteiger partial charge in [-0.3, -0.25) is 0 Å². The average molecular weight is 578 g/mol. The van der Waals surface area contributed by atoms with Crippen LogP contribution in [0.15, 0.2) is 23.1 Å². The first kappa shape index (κ1) is 29.5. The third-order valence-corrected chi connectivity index (χ3v) is 5.54. The van der Waals surface area contributed by atoms with Gasteiger partial charge in [-0.2, -0.15) is 13.2 Å². The zero-order valence-corrected chi connectivity index (χ0v) is 18.7. The van der Waals surface area contributed by atoms with Crippen molar-refractivity contribution in [3.05, 3.63) is 49.6 Å². The van der Waals surface area contributed by atoms with Crippen LogP contribution in [0.5, 0.6) is 5.75 Å². The predicted molar refractivity (Wildman–Crippen MR) is 103 cm³/mol. The van der Waals surface area contributed by atoms with Crippen molar-refractivity contribution in [3.63, 3.8) is 0 Å². The third kappa shape index (κ3) is 7.60. The molecule has 2 rings (SSSR count). The summed E-state index contributed by atoms with van der Waals surface area (Å²) in [6, 6.07) is -0.212. The van der Waals surface area contributed by atoms with Crippen molar-refractivity contribution in [1.29, 1.82) is 0 Å². The first-order chi connectivity index (χ1) is 16.5. The fraction of sp³-hybridized carbons (Fsp3) is 0.438. The summed E-state index contributed by atoms with van der Waals surface area (Å²) in [5, 5.41) is 17.7. The molecule has 0 aliphatic carbocycles. The van der Waals surface area contributed by atoms with Crippen molar-refractivity contribution < 1.29 is 71.5 Å². The molecule has 1 unspecified atom stereocenters. The van der Waals surface area contributed by atoms with Crippen molar-refractivity contribution in [1.82, 2.24) is 0 Å². The second-order valence-electron chi connectivity index (χ2n) is 7.27. The van der Waals surface area contributed by atoms with E-state index in [1.54, 1.807) is 0 Å². The van der Waals surface area contributed by atoms with E-state index in [4.69, 9.17) is 4.74 Å². The molecule has 1 aromatic carbocycles. The number of carbonyl (C=O) groups is 1. The Morgan fingerprint density at radius 1 is 1.08 bits per heavy atom. The third-order valence-electron chi connectivity index (χ3n) is 4.42. The van der Waals surface area contributed by atoms with Crippen LogP contribution in [0.2, 0.25) is 0 Å². The quantitative estimate of drug-likeness (QED) is 0.155. The Hall–Kier alpha value is -3.78. The van der Waals surface area contributed by atoms with E-state index in [-0.39, 0.29) is 18.2 Å². The summed E-state index contributed by atoms with van der Waals surface area (Å²) in [6.07, 6.45) is -8.75. The highest BCUT2D eigenvalue weighted by molar-refractivity contribution is 8.45. The van der Waals surface area contributed by atoms with Gasteiger partial charge in [-0.15, -0.1) is 20.2 Å². The molecule has 0 aromatic heterocycles. The molecule has 1 atom stereocenters. The van der Waals surface area contributed by atoms with Crippen LogP contribution in [-0.2, 0) is 19.1 Å². The molecule has 0 fully saturated rings. The number of fused-ring (bicyclic) bond motifs is 1. The van der Waals surface area contributed by atoms with Crippen LogP contribution in [0, 0.1) is 27.2 Å². The molecule has 0 saturated heterocycles. The molecule has 21 heteroatoms. The SMILES string of the molecule is Cc1cc(S(F)(F)(F)(F)F)cc2c1OC(COC(=O)OC(CO[N+](=O)[O-])CO[N+](=O)[O-])(C(F)(F)F)C=C2. The lowest BCUT2D eigenvalue weighted by Crippen LogP contribution is -2.54. The van der Waals surface area contributed by atoms with Gasteiger partial charge in [0.25, 0.3) is 15.8 Å². The largest absolute Gasteiger partial charge is 0.508 e. The zero-order valence-electron chi connectivity index (χ0n) is 17.9. The van der Waals surface area contributed by atoms with Crippen LogP contribution in [0.3, 0.4) is 0 Å². The number of aryl methyl sites for hydroxylation is 1. The molecule has 0 spiro atoms. The van der Waals surface area contributed by atoms with Gasteiger partial charge in [0.15, 0.2) is 6.10 Å². The van der Waals surface area contributed by atoms with Gasteiger partial charge in [0.2, 0.25) is 0 Å². The molecule has 0 radical (unpaired) electrons. The lowest BCUT2D eigenvalue weighted by Gasteiger charge is -2.42. The molecule has 0 amide bonds. The normalized spacial score (nSPS) is 19.1. The maximum absolute atomic E-state index is 13.9. The second kappa shape index (κ2) is 8.95. The maximum Gasteiger partial charge on any atom is 0.508 e. The minimum absolute atomic E-state index is 0.106. The van der Waals surface area contributed by atoms with Crippen molar-refractivity contribution in [3.8, 4) is 5.75 Å². The molecule has 1 aliphatic heterocycles. The van der Waals surface area contributed by atoms with Gasteiger partial charge in [-0.1, -0.05) is 25.5 Å². The van der Waals surface area contributed by atoms with Crippen LogP contribution in [0.1, 0.15) is 11.1 Å². The number of alkyl halides is 3. The van der Waals surface area contributed by atoms with Gasteiger partial charge in [0.1, 0.15) is 30.5 Å². The Bertz CT molecular complexity index is 1110. The Balaban J connectivity index is 2.27. The summed E-state index contributed by atoms with van der Waals surface area (Å²) in [6.45, 7) is -3.25. The van der Waals surface area contributed by atoms with E-state index < -0.39 is 86.0 Å². The molecular formula is C16H14F8N2O10S. The Kier molecular flexibility index (Phi) is 7.13. The highest BCUT2D eigenvalue weighted by Crippen LogP contribution is 3.02.